The second-order valence-electron chi connectivity index (χ2n) is 8.02. The minimum atomic E-state index is -3.56. The highest BCUT2D eigenvalue weighted by molar-refractivity contribution is 7.89. The Morgan fingerprint density at radius 1 is 0.968 bits per heavy atom. The van der Waals surface area contributed by atoms with Crippen molar-refractivity contribution in [3.05, 3.63) is 59.2 Å². The first-order valence-electron chi connectivity index (χ1n) is 10.6. The van der Waals surface area contributed by atoms with Gasteiger partial charge < -0.3 is 10.2 Å². The molecule has 0 aromatic heterocycles. The highest BCUT2D eigenvalue weighted by Crippen LogP contribution is 2.26. The Bertz CT molecular complexity index is 1110. The fourth-order valence-electron chi connectivity index (χ4n) is 4.26. The summed E-state index contributed by atoms with van der Waals surface area (Å²) in [5.41, 5.74) is 3.54. The first kappa shape index (κ1) is 21.5. The highest BCUT2D eigenvalue weighted by Gasteiger charge is 2.30. The van der Waals surface area contributed by atoms with Crippen LogP contribution in [0.3, 0.4) is 0 Å². The minimum Gasteiger partial charge on any atom is -0.376 e. The van der Waals surface area contributed by atoms with E-state index in [2.05, 4.69) is 5.32 Å². The Kier molecular flexibility index (Phi) is 6.11. The summed E-state index contributed by atoms with van der Waals surface area (Å²) in [5, 5.41) is 3.04. The second-order valence-corrected chi connectivity index (χ2v) is 9.96. The number of hydrogen-bond acceptors (Lipinski definition) is 5. The maximum atomic E-state index is 13.1. The van der Waals surface area contributed by atoms with E-state index in [1.165, 1.54) is 16.8 Å². The smallest absolute Gasteiger partial charge is 0.243 e. The van der Waals surface area contributed by atoms with Gasteiger partial charge >= 0.3 is 0 Å². The number of sulfonamides is 1. The summed E-state index contributed by atoms with van der Waals surface area (Å²) in [4.78, 5) is 26.3. The van der Waals surface area contributed by atoms with Gasteiger partial charge in [-0.3, -0.25) is 9.59 Å². The molecular formula is C23H27N3O4S. The quantitative estimate of drug-likeness (QED) is 0.696. The van der Waals surface area contributed by atoms with Gasteiger partial charge in [-0.05, 0) is 61.6 Å². The summed E-state index contributed by atoms with van der Waals surface area (Å²) in [6.45, 7) is 2.79. The van der Waals surface area contributed by atoms with Crippen molar-refractivity contribution in [2.45, 2.75) is 31.1 Å². The molecule has 2 aromatic rings. The van der Waals surface area contributed by atoms with Gasteiger partial charge in [-0.15, -0.1) is 0 Å². The van der Waals surface area contributed by atoms with Crippen molar-refractivity contribution in [2.24, 2.45) is 0 Å². The van der Waals surface area contributed by atoms with Crippen LogP contribution in [-0.2, 0) is 27.7 Å². The predicted molar refractivity (Wildman–Crippen MR) is 119 cm³/mol. The third kappa shape index (κ3) is 4.50. The van der Waals surface area contributed by atoms with Crippen molar-refractivity contribution in [3.63, 3.8) is 0 Å². The lowest BCUT2D eigenvalue weighted by Crippen LogP contribution is -2.51. The van der Waals surface area contributed by atoms with E-state index in [1.54, 1.807) is 29.2 Å². The lowest BCUT2D eigenvalue weighted by atomic mass is 10.1. The van der Waals surface area contributed by atoms with Crippen LogP contribution in [0.1, 0.15) is 34.8 Å². The molecule has 0 atom stereocenters. The number of carbonyl (C=O) groups excluding carboxylic acids is 2. The number of rotatable bonds is 6. The van der Waals surface area contributed by atoms with Gasteiger partial charge in [-0.25, -0.2) is 8.42 Å². The molecule has 1 N–H and O–H groups in total. The fourth-order valence-corrected chi connectivity index (χ4v) is 5.74. The number of piperazine rings is 1. The molecule has 1 heterocycles. The van der Waals surface area contributed by atoms with Gasteiger partial charge in [-0.1, -0.05) is 18.2 Å². The van der Waals surface area contributed by atoms with Gasteiger partial charge in [0.2, 0.25) is 15.9 Å². The van der Waals surface area contributed by atoms with Gasteiger partial charge in [0, 0.05) is 37.4 Å². The maximum absolute atomic E-state index is 13.1. The first-order chi connectivity index (χ1) is 14.9. The molecule has 1 fully saturated rings. The third-order valence-corrected chi connectivity index (χ3v) is 7.93. The van der Waals surface area contributed by atoms with Gasteiger partial charge in [0.1, 0.15) is 0 Å². The lowest BCUT2D eigenvalue weighted by molar-refractivity contribution is -0.130. The molecule has 1 aliphatic carbocycles. The summed E-state index contributed by atoms with van der Waals surface area (Å²) < 4.78 is 27.6. The van der Waals surface area contributed by atoms with E-state index in [0.717, 1.165) is 24.8 Å². The van der Waals surface area contributed by atoms with Crippen LogP contribution >= 0.6 is 0 Å². The molecule has 2 aromatic carbocycles. The van der Waals surface area contributed by atoms with Crippen LogP contribution in [0.15, 0.2) is 47.4 Å². The zero-order chi connectivity index (χ0) is 22.0. The second kappa shape index (κ2) is 8.80. The Morgan fingerprint density at radius 3 is 2.42 bits per heavy atom. The normalized spacial score (nSPS) is 16.7. The fraction of sp³-hybridized carbons (Fsp3) is 0.391. The molecule has 7 nitrogen and oxygen atoms in total. The van der Waals surface area contributed by atoms with Crippen LogP contribution in [0.5, 0.6) is 0 Å². The summed E-state index contributed by atoms with van der Waals surface area (Å²) >= 11 is 0. The molecule has 1 saturated heterocycles. The van der Waals surface area contributed by atoms with E-state index in [9.17, 15) is 18.0 Å². The zero-order valence-electron chi connectivity index (χ0n) is 17.6. The summed E-state index contributed by atoms with van der Waals surface area (Å²) in [6.07, 6.45) is 3.02. The Labute approximate surface area is 183 Å². The minimum absolute atomic E-state index is 0.0574. The molecule has 4 rings (SSSR count). The van der Waals surface area contributed by atoms with E-state index >= 15 is 0 Å². The molecule has 0 bridgehead atoms. The van der Waals surface area contributed by atoms with Crippen molar-refractivity contribution in [1.29, 1.82) is 0 Å². The monoisotopic (exact) mass is 441 g/mol. The Hall–Kier alpha value is -2.71. The van der Waals surface area contributed by atoms with E-state index in [-0.39, 0.29) is 31.3 Å². The number of fused-ring (bicyclic) bond motifs is 1. The third-order valence-electron chi connectivity index (χ3n) is 6.04. The molecule has 164 valence electrons. The number of nitrogens with one attached hydrogen (secondary N) is 1. The molecule has 0 radical (unpaired) electrons. The molecule has 8 heteroatoms. The van der Waals surface area contributed by atoms with E-state index in [1.807, 2.05) is 18.2 Å². The number of amides is 1. The highest BCUT2D eigenvalue weighted by atomic mass is 32.2. The van der Waals surface area contributed by atoms with E-state index < -0.39 is 10.0 Å². The van der Waals surface area contributed by atoms with Crippen molar-refractivity contribution < 1.29 is 18.0 Å². The van der Waals surface area contributed by atoms with Gasteiger partial charge in [-0.2, -0.15) is 4.31 Å². The molecule has 1 amide bonds. The largest absolute Gasteiger partial charge is 0.376 e. The van der Waals surface area contributed by atoms with Crippen molar-refractivity contribution in [1.82, 2.24) is 9.21 Å². The van der Waals surface area contributed by atoms with Crippen LogP contribution in [0, 0.1) is 0 Å². The number of benzene rings is 2. The first-order valence-corrected chi connectivity index (χ1v) is 12.0. The number of aryl methyl sites for hydroxylation is 2. The Morgan fingerprint density at radius 2 is 1.68 bits per heavy atom. The molecule has 0 unspecified atom stereocenters. The Balaban J connectivity index is 1.35. The predicted octanol–water partition coefficient (Wildman–Crippen LogP) is 2.32. The summed E-state index contributed by atoms with van der Waals surface area (Å²) in [7, 11) is -3.56. The van der Waals surface area contributed by atoms with E-state index in [4.69, 9.17) is 0 Å². The molecule has 31 heavy (non-hydrogen) atoms. The maximum Gasteiger partial charge on any atom is 0.243 e. The number of para-hydroxylation sites is 1. The number of nitrogens with zero attached hydrogens (tertiary/aromatic N) is 2. The molecule has 0 saturated carbocycles. The number of anilines is 1. The van der Waals surface area contributed by atoms with Crippen LogP contribution in [0.2, 0.25) is 0 Å². The molecule has 2 aliphatic rings. The van der Waals surface area contributed by atoms with Crippen LogP contribution in [0.25, 0.3) is 0 Å². The van der Waals surface area contributed by atoms with Gasteiger partial charge in [0.25, 0.3) is 0 Å². The van der Waals surface area contributed by atoms with Crippen LogP contribution in [-0.4, -0.2) is 62.0 Å². The number of ketones is 1. The van der Waals surface area contributed by atoms with Gasteiger partial charge in [0.15, 0.2) is 5.78 Å². The van der Waals surface area contributed by atoms with E-state index in [0.29, 0.717) is 29.2 Å². The van der Waals surface area contributed by atoms with Gasteiger partial charge in [0.05, 0.1) is 11.4 Å². The van der Waals surface area contributed by atoms with Crippen molar-refractivity contribution in [2.75, 3.05) is 38.0 Å². The lowest BCUT2D eigenvalue weighted by Gasteiger charge is -2.34. The average Bonchev–Trinajstić information content (AvgIpc) is 3.25. The number of carbonyl (C=O) groups is 2. The molecule has 1 aliphatic heterocycles. The standard InChI is InChI=1S/C23H27N3O4S/c1-17(27)21-7-2-3-8-22(21)24-16-23(28)25-11-13-26(14-12-25)31(29,30)20-10-9-18-5-4-6-19(18)15-20/h2-3,7-10,15,24H,4-6,11-14,16H2,1H3. The number of Topliss-reactive ketones (excluding diaryl/α,β-unsaturated/α-hetero) is 1. The molecular weight excluding hydrogens is 414 g/mol. The SMILES string of the molecule is CC(=O)c1ccccc1NCC(=O)N1CCN(S(=O)(=O)c2ccc3c(c2)CCC3)CC1. The average molecular weight is 442 g/mol. The number of hydrogen-bond donors (Lipinski definition) is 1. The summed E-state index contributed by atoms with van der Waals surface area (Å²) in [6, 6.07) is 12.5. The van der Waals surface area contributed by atoms with Crippen LogP contribution in [0.4, 0.5) is 5.69 Å². The topological polar surface area (TPSA) is 86.8 Å². The summed E-state index contributed by atoms with van der Waals surface area (Å²) in [5.74, 6) is -0.186. The molecule has 0 spiro atoms. The van der Waals surface area contributed by atoms with Crippen molar-refractivity contribution in [3.8, 4) is 0 Å². The zero-order valence-corrected chi connectivity index (χ0v) is 18.5. The van der Waals surface area contributed by atoms with Crippen molar-refractivity contribution >= 4 is 27.4 Å². The van der Waals surface area contributed by atoms with Crippen LogP contribution < -0.4 is 5.32 Å².